The minimum atomic E-state index is -0.233. The summed E-state index contributed by atoms with van der Waals surface area (Å²) in [5, 5.41) is 7.66. The van der Waals surface area contributed by atoms with E-state index in [9.17, 15) is 0 Å². The molecule has 60 heavy (non-hydrogen) atoms. The molecule has 288 valence electrons. The molecule has 2 nitrogen and oxygen atoms in total. The van der Waals surface area contributed by atoms with Crippen molar-refractivity contribution in [3.05, 3.63) is 198 Å². The molecular formula is C57H43IN2. The largest absolute Gasteiger partial charge is 0.344 e. The fraction of sp³-hybridized carbons (Fsp3) is 0.123. The Morgan fingerprint density at radius 3 is 2.12 bits per heavy atom. The molecule has 0 radical (unpaired) electrons. The average Bonchev–Trinajstić information content (AvgIpc) is 3.64. The minimum Gasteiger partial charge on any atom is -0.344 e. The van der Waals surface area contributed by atoms with E-state index in [0.29, 0.717) is 3.92 Å². The van der Waals surface area contributed by atoms with Gasteiger partial charge in [0, 0.05) is 49.4 Å². The van der Waals surface area contributed by atoms with Crippen molar-refractivity contribution in [1.82, 2.24) is 4.57 Å². The maximum atomic E-state index is 2.67. The van der Waals surface area contributed by atoms with Gasteiger partial charge in [-0.3, -0.25) is 0 Å². The second kappa shape index (κ2) is 13.4. The fourth-order valence-electron chi connectivity index (χ4n) is 10.7. The summed E-state index contributed by atoms with van der Waals surface area (Å²) in [6.07, 6.45) is 2.09. The first-order valence-corrected chi connectivity index (χ1v) is 22.4. The molecule has 0 fully saturated rings. The molecule has 0 saturated carbocycles. The lowest BCUT2D eigenvalue weighted by atomic mass is 9.80. The lowest BCUT2D eigenvalue weighted by molar-refractivity contribution is 0.661. The number of hydrogen-bond donors (Lipinski definition) is 0. The van der Waals surface area contributed by atoms with Gasteiger partial charge in [0.2, 0.25) is 0 Å². The van der Waals surface area contributed by atoms with Crippen molar-refractivity contribution in [3.8, 4) is 33.4 Å². The summed E-state index contributed by atoms with van der Waals surface area (Å²) in [4.78, 5) is 2.61. The first kappa shape index (κ1) is 35.7. The number of aryl methyl sites for hydroxylation is 1. The molecule has 9 aromatic carbocycles. The Labute approximate surface area is 364 Å². The Balaban J connectivity index is 1.11. The van der Waals surface area contributed by atoms with Crippen LogP contribution in [0, 0.1) is 0 Å². The van der Waals surface area contributed by atoms with Gasteiger partial charge < -0.3 is 9.47 Å². The summed E-state index contributed by atoms with van der Waals surface area (Å²) in [5.74, 6) is 0. The van der Waals surface area contributed by atoms with Crippen LogP contribution in [0.25, 0.3) is 76.7 Å². The summed E-state index contributed by atoms with van der Waals surface area (Å²) in [5.41, 5.74) is 19.4. The average molecular weight is 883 g/mol. The highest BCUT2D eigenvalue weighted by molar-refractivity contribution is 14.1. The van der Waals surface area contributed by atoms with E-state index in [1.165, 1.54) is 116 Å². The third-order valence-corrected chi connectivity index (χ3v) is 15.1. The fourth-order valence-corrected chi connectivity index (χ4v) is 11.6. The van der Waals surface area contributed by atoms with Crippen molar-refractivity contribution in [2.24, 2.45) is 7.05 Å². The summed E-state index contributed by atoms with van der Waals surface area (Å²) < 4.78 is 2.81. The highest BCUT2D eigenvalue weighted by Crippen LogP contribution is 2.56. The third-order valence-electron chi connectivity index (χ3n) is 13.8. The second-order valence-electron chi connectivity index (χ2n) is 17.3. The summed E-state index contributed by atoms with van der Waals surface area (Å²) in [6, 6.07) is 66.4. The third kappa shape index (κ3) is 5.24. The number of nitrogens with zero attached hydrogens (tertiary/aromatic N) is 2. The van der Waals surface area contributed by atoms with Gasteiger partial charge in [0.15, 0.2) is 0 Å². The quantitative estimate of drug-likeness (QED) is 0.126. The van der Waals surface area contributed by atoms with Crippen LogP contribution in [-0.2, 0) is 18.9 Å². The van der Waals surface area contributed by atoms with E-state index in [1.54, 1.807) is 0 Å². The van der Waals surface area contributed by atoms with Crippen molar-refractivity contribution in [1.29, 1.82) is 0 Å². The molecule has 0 N–H and O–H groups in total. The number of para-hydroxylation sites is 1. The lowest BCUT2D eigenvalue weighted by Gasteiger charge is -2.32. The molecule has 1 atom stereocenters. The van der Waals surface area contributed by atoms with Gasteiger partial charge in [-0.25, -0.2) is 0 Å². The first-order valence-electron chi connectivity index (χ1n) is 21.2. The van der Waals surface area contributed by atoms with Gasteiger partial charge in [-0.05, 0) is 127 Å². The van der Waals surface area contributed by atoms with Gasteiger partial charge in [-0.15, -0.1) is 0 Å². The number of hydrogen-bond acceptors (Lipinski definition) is 1. The lowest BCUT2D eigenvalue weighted by Crippen LogP contribution is -2.18. The van der Waals surface area contributed by atoms with Crippen LogP contribution in [-0.4, -0.2) is 4.57 Å². The van der Waals surface area contributed by atoms with Crippen molar-refractivity contribution >= 4 is 83.0 Å². The standard InChI is InChI=1S/C57H43IN2/c1-57(2)49-32-38(37-24-23-35-13-4-5-14-36(35)31-37)25-27-48(49)56-47-19-9-8-18-44(47)55(34-50(56)57)60(39-26-28-46-43-17-10-11-21-52(43)59(3)54(46)33-39)53-22-12-20-41-40-15-6-7-16-42(40)51(58)30-29-45(41)53/h4-28,31-34,51H,29-30H2,1-3H3/t51-/m1/s1. The molecule has 0 amide bonds. The van der Waals surface area contributed by atoms with Crippen LogP contribution in [0.1, 0.15) is 46.4 Å². The molecule has 2 aliphatic carbocycles. The number of alkyl halides is 1. The highest BCUT2D eigenvalue weighted by atomic mass is 127. The van der Waals surface area contributed by atoms with E-state index in [-0.39, 0.29) is 5.41 Å². The molecule has 0 unspecified atom stereocenters. The monoisotopic (exact) mass is 882 g/mol. The first-order chi connectivity index (χ1) is 29.3. The van der Waals surface area contributed by atoms with Crippen LogP contribution < -0.4 is 4.90 Å². The van der Waals surface area contributed by atoms with Crippen molar-refractivity contribution < 1.29 is 0 Å². The van der Waals surface area contributed by atoms with E-state index >= 15 is 0 Å². The number of fused-ring (bicyclic) bond motifs is 12. The molecule has 3 heteroatoms. The molecule has 0 saturated heterocycles. The molecule has 0 spiro atoms. The topological polar surface area (TPSA) is 8.17 Å². The van der Waals surface area contributed by atoms with Crippen LogP contribution in [0.15, 0.2) is 176 Å². The summed E-state index contributed by atoms with van der Waals surface area (Å²) in [6.45, 7) is 4.86. The molecule has 12 rings (SSSR count). The number of benzene rings is 9. The van der Waals surface area contributed by atoms with Gasteiger partial charge in [0.1, 0.15) is 0 Å². The van der Waals surface area contributed by atoms with Crippen LogP contribution in [0.2, 0.25) is 0 Å². The Hall–Kier alpha value is -6.17. The van der Waals surface area contributed by atoms with Crippen molar-refractivity contribution in [2.75, 3.05) is 4.90 Å². The molecule has 0 bridgehead atoms. The molecule has 0 aliphatic heterocycles. The number of halogens is 1. The van der Waals surface area contributed by atoms with E-state index in [2.05, 4.69) is 229 Å². The van der Waals surface area contributed by atoms with Crippen LogP contribution in [0.3, 0.4) is 0 Å². The predicted molar refractivity (Wildman–Crippen MR) is 264 cm³/mol. The Morgan fingerprint density at radius 1 is 0.533 bits per heavy atom. The van der Waals surface area contributed by atoms with Crippen molar-refractivity contribution in [2.45, 2.75) is 36.0 Å². The van der Waals surface area contributed by atoms with E-state index in [0.717, 1.165) is 12.8 Å². The minimum absolute atomic E-state index is 0.233. The molecular weight excluding hydrogens is 840 g/mol. The van der Waals surface area contributed by atoms with Crippen LogP contribution >= 0.6 is 22.6 Å². The van der Waals surface area contributed by atoms with Crippen LogP contribution in [0.5, 0.6) is 0 Å². The van der Waals surface area contributed by atoms with Gasteiger partial charge in [-0.1, -0.05) is 170 Å². The second-order valence-corrected chi connectivity index (χ2v) is 18.8. The normalized spacial score (nSPS) is 15.2. The van der Waals surface area contributed by atoms with Gasteiger partial charge in [0.25, 0.3) is 0 Å². The van der Waals surface area contributed by atoms with Crippen molar-refractivity contribution in [3.63, 3.8) is 0 Å². The number of aromatic nitrogens is 1. The highest BCUT2D eigenvalue weighted by Gasteiger charge is 2.38. The molecule has 1 aromatic heterocycles. The maximum Gasteiger partial charge on any atom is 0.0543 e. The zero-order chi connectivity index (χ0) is 40.3. The van der Waals surface area contributed by atoms with Gasteiger partial charge in [-0.2, -0.15) is 0 Å². The zero-order valence-corrected chi connectivity index (χ0v) is 36.2. The smallest absolute Gasteiger partial charge is 0.0543 e. The van der Waals surface area contributed by atoms with Gasteiger partial charge in [0.05, 0.1) is 11.2 Å². The molecule has 1 heterocycles. The van der Waals surface area contributed by atoms with Gasteiger partial charge >= 0.3 is 0 Å². The van der Waals surface area contributed by atoms with E-state index in [1.807, 2.05) is 0 Å². The van der Waals surface area contributed by atoms with E-state index < -0.39 is 0 Å². The number of anilines is 3. The SMILES string of the molecule is Cn1c2ccccc2c2ccc(N(c3cccc4c3CC[C@@H](I)c3ccccc3-4)c3cc4c(c5ccccc35)-c3ccc(-c5ccc6ccccc6c5)cc3C4(C)C)cc21. The molecule has 10 aromatic rings. The van der Waals surface area contributed by atoms with E-state index in [4.69, 9.17) is 0 Å². The Bertz CT molecular complexity index is 3400. The summed E-state index contributed by atoms with van der Waals surface area (Å²) >= 11 is 2.67. The number of rotatable bonds is 4. The maximum absolute atomic E-state index is 2.67. The molecule has 2 aliphatic rings. The predicted octanol–water partition coefficient (Wildman–Crippen LogP) is 16.2. The zero-order valence-electron chi connectivity index (χ0n) is 34.0. The Morgan fingerprint density at radius 2 is 1.23 bits per heavy atom. The van der Waals surface area contributed by atoms with Crippen LogP contribution in [0.4, 0.5) is 17.1 Å². The summed E-state index contributed by atoms with van der Waals surface area (Å²) in [7, 11) is 2.21. The Kier molecular flexibility index (Phi) is 8.00.